The topological polar surface area (TPSA) is 37.3 Å². The van der Waals surface area contributed by atoms with Crippen molar-refractivity contribution in [3.8, 4) is 0 Å². The molecule has 0 aliphatic heterocycles. The van der Waals surface area contributed by atoms with Crippen molar-refractivity contribution in [1.82, 2.24) is 0 Å². The second-order valence-corrected chi connectivity index (χ2v) is 3.98. The molecular weight excluding hydrogens is 164 g/mol. The lowest BCUT2D eigenvalue weighted by atomic mass is 9.94. The highest BCUT2D eigenvalue weighted by atomic mass is 16.4. The monoisotopic (exact) mass is 182 g/mol. The Labute approximate surface area is 79.6 Å². The lowest BCUT2D eigenvalue weighted by Crippen LogP contribution is -2.08. The van der Waals surface area contributed by atoms with Gasteiger partial charge in [-0.2, -0.15) is 0 Å². The second kappa shape index (κ2) is 4.45. The van der Waals surface area contributed by atoms with E-state index in [4.69, 9.17) is 5.11 Å². The summed E-state index contributed by atoms with van der Waals surface area (Å²) in [6.45, 7) is 4.23. The summed E-state index contributed by atoms with van der Waals surface area (Å²) in [6.07, 6.45) is 6.28. The summed E-state index contributed by atoms with van der Waals surface area (Å²) in [6, 6.07) is 0. The van der Waals surface area contributed by atoms with E-state index in [9.17, 15) is 4.79 Å². The van der Waals surface area contributed by atoms with Crippen molar-refractivity contribution in [2.75, 3.05) is 0 Å². The molecule has 0 spiro atoms. The molecule has 0 fully saturated rings. The molecule has 0 saturated carbocycles. The summed E-state index contributed by atoms with van der Waals surface area (Å²) < 4.78 is 0. The average molecular weight is 182 g/mol. The molecular formula is C11H18O2. The normalized spacial score (nSPS) is 27.4. The van der Waals surface area contributed by atoms with Gasteiger partial charge in [0.05, 0.1) is 0 Å². The van der Waals surface area contributed by atoms with Gasteiger partial charge in [-0.15, -0.1) is 0 Å². The quantitative estimate of drug-likeness (QED) is 0.725. The number of carbonyl (C=O) groups is 1. The van der Waals surface area contributed by atoms with Crippen LogP contribution >= 0.6 is 0 Å². The van der Waals surface area contributed by atoms with E-state index in [1.54, 1.807) is 0 Å². The van der Waals surface area contributed by atoms with Crippen molar-refractivity contribution in [2.45, 2.75) is 39.5 Å². The summed E-state index contributed by atoms with van der Waals surface area (Å²) in [7, 11) is 0. The third-order valence-electron chi connectivity index (χ3n) is 2.71. The van der Waals surface area contributed by atoms with Crippen LogP contribution in [0.3, 0.4) is 0 Å². The van der Waals surface area contributed by atoms with Crippen LogP contribution in [0.2, 0.25) is 0 Å². The van der Waals surface area contributed by atoms with Crippen LogP contribution in [0.1, 0.15) is 39.5 Å². The first-order valence-electron chi connectivity index (χ1n) is 5.10. The van der Waals surface area contributed by atoms with Crippen LogP contribution in [0, 0.1) is 11.8 Å². The zero-order valence-electron chi connectivity index (χ0n) is 8.42. The zero-order valence-corrected chi connectivity index (χ0v) is 8.42. The molecule has 0 bridgehead atoms. The Morgan fingerprint density at radius 3 is 2.92 bits per heavy atom. The molecule has 74 valence electrons. The molecule has 0 amide bonds. The highest BCUT2D eigenvalue weighted by molar-refractivity contribution is 5.87. The Kier molecular flexibility index (Phi) is 3.52. The molecule has 0 aromatic heterocycles. The molecule has 0 radical (unpaired) electrons. The zero-order chi connectivity index (χ0) is 9.84. The first-order chi connectivity index (χ1) is 6.15. The predicted molar refractivity (Wildman–Crippen MR) is 52.5 cm³/mol. The van der Waals surface area contributed by atoms with Gasteiger partial charge in [0.15, 0.2) is 0 Å². The number of carboxylic acids is 1. The highest BCUT2D eigenvalue weighted by Crippen LogP contribution is 2.33. The number of hydrogen-bond acceptors (Lipinski definition) is 1. The molecule has 0 aromatic carbocycles. The standard InChI is InChI=1S/C11H18O2/c1-3-4-5-9-6-8(2)7-10(9)11(12)13/h7-9H,3-6H2,1-2H3,(H,12,13). The van der Waals surface area contributed by atoms with E-state index in [1.165, 1.54) is 0 Å². The van der Waals surface area contributed by atoms with E-state index in [0.717, 1.165) is 25.7 Å². The Bertz CT molecular complexity index is 218. The summed E-state index contributed by atoms with van der Waals surface area (Å²) in [4.78, 5) is 10.9. The minimum Gasteiger partial charge on any atom is -0.478 e. The Balaban J connectivity index is 2.56. The van der Waals surface area contributed by atoms with Crippen LogP contribution in [0.25, 0.3) is 0 Å². The molecule has 13 heavy (non-hydrogen) atoms. The van der Waals surface area contributed by atoms with Crippen LogP contribution in [0.4, 0.5) is 0 Å². The van der Waals surface area contributed by atoms with Gasteiger partial charge in [0.2, 0.25) is 0 Å². The molecule has 0 saturated heterocycles. The van der Waals surface area contributed by atoms with Crippen LogP contribution < -0.4 is 0 Å². The maximum atomic E-state index is 10.9. The SMILES string of the molecule is CCCCC1CC(C)C=C1C(=O)O. The van der Waals surface area contributed by atoms with Crippen molar-refractivity contribution >= 4 is 5.97 Å². The first kappa shape index (κ1) is 10.3. The molecule has 1 rings (SSSR count). The maximum absolute atomic E-state index is 10.9. The maximum Gasteiger partial charge on any atom is 0.331 e. The molecule has 1 aliphatic rings. The van der Waals surface area contributed by atoms with Crippen molar-refractivity contribution in [1.29, 1.82) is 0 Å². The number of aliphatic carboxylic acids is 1. The average Bonchev–Trinajstić information content (AvgIpc) is 2.43. The molecule has 2 unspecified atom stereocenters. The fourth-order valence-corrected chi connectivity index (χ4v) is 2.06. The van der Waals surface area contributed by atoms with Crippen LogP contribution in [0.5, 0.6) is 0 Å². The van der Waals surface area contributed by atoms with Gasteiger partial charge in [-0.3, -0.25) is 0 Å². The molecule has 2 atom stereocenters. The third-order valence-corrected chi connectivity index (χ3v) is 2.71. The van der Waals surface area contributed by atoms with Crippen molar-refractivity contribution < 1.29 is 9.90 Å². The van der Waals surface area contributed by atoms with Gasteiger partial charge in [0.1, 0.15) is 0 Å². The number of rotatable bonds is 4. The molecule has 1 N–H and O–H groups in total. The summed E-state index contributed by atoms with van der Waals surface area (Å²) in [5, 5.41) is 8.93. The summed E-state index contributed by atoms with van der Waals surface area (Å²) in [5.41, 5.74) is 0.654. The molecule has 1 aliphatic carbocycles. The number of carboxylic acid groups (broad SMARTS) is 1. The van der Waals surface area contributed by atoms with Crippen LogP contribution in [-0.2, 0) is 4.79 Å². The number of allylic oxidation sites excluding steroid dienone is 1. The molecule has 2 heteroatoms. The van der Waals surface area contributed by atoms with Gasteiger partial charge < -0.3 is 5.11 Å². The lowest BCUT2D eigenvalue weighted by molar-refractivity contribution is -0.133. The summed E-state index contributed by atoms with van der Waals surface area (Å²) >= 11 is 0. The minimum atomic E-state index is -0.717. The molecule has 0 heterocycles. The fraction of sp³-hybridized carbons (Fsp3) is 0.727. The number of unbranched alkanes of at least 4 members (excludes halogenated alkanes) is 1. The third kappa shape index (κ3) is 2.58. The second-order valence-electron chi connectivity index (χ2n) is 3.98. The van der Waals surface area contributed by atoms with Gasteiger partial charge in [-0.25, -0.2) is 4.79 Å². The van der Waals surface area contributed by atoms with Gasteiger partial charge in [0, 0.05) is 5.57 Å². The Hall–Kier alpha value is -0.790. The summed E-state index contributed by atoms with van der Waals surface area (Å²) in [5.74, 6) is 0.0471. The minimum absolute atomic E-state index is 0.312. The van der Waals surface area contributed by atoms with E-state index in [1.807, 2.05) is 6.08 Å². The van der Waals surface area contributed by atoms with Crippen LogP contribution in [0.15, 0.2) is 11.6 Å². The van der Waals surface area contributed by atoms with E-state index in [2.05, 4.69) is 13.8 Å². The van der Waals surface area contributed by atoms with Gasteiger partial charge in [0.25, 0.3) is 0 Å². The Morgan fingerprint density at radius 1 is 1.69 bits per heavy atom. The smallest absolute Gasteiger partial charge is 0.331 e. The van der Waals surface area contributed by atoms with E-state index >= 15 is 0 Å². The fourth-order valence-electron chi connectivity index (χ4n) is 2.06. The van der Waals surface area contributed by atoms with E-state index in [-0.39, 0.29) is 0 Å². The molecule has 2 nitrogen and oxygen atoms in total. The van der Waals surface area contributed by atoms with Gasteiger partial charge in [-0.1, -0.05) is 32.8 Å². The van der Waals surface area contributed by atoms with Crippen molar-refractivity contribution in [3.63, 3.8) is 0 Å². The molecule has 0 aromatic rings. The first-order valence-corrected chi connectivity index (χ1v) is 5.10. The van der Waals surface area contributed by atoms with E-state index < -0.39 is 5.97 Å². The van der Waals surface area contributed by atoms with Gasteiger partial charge >= 0.3 is 5.97 Å². The van der Waals surface area contributed by atoms with Crippen LogP contribution in [-0.4, -0.2) is 11.1 Å². The van der Waals surface area contributed by atoms with E-state index in [0.29, 0.717) is 17.4 Å². The highest BCUT2D eigenvalue weighted by Gasteiger charge is 2.27. The lowest BCUT2D eigenvalue weighted by Gasteiger charge is -2.11. The number of hydrogen-bond donors (Lipinski definition) is 1. The van der Waals surface area contributed by atoms with Gasteiger partial charge in [-0.05, 0) is 24.7 Å². The largest absolute Gasteiger partial charge is 0.478 e. The van der Waals surface area contributed by atoms with Crippen molar-refractivity contribution in [2.24, 2.45) is 11.8 Å². The predicted octanol–water partition coefficient (Wildman–Crippen LogP) is 2.84. The Morgan fingerprint density at radius 2 is 2.38 bits per heavy atom. The van der Waals surface area contributed by atoms with Crippen molar-refractivity contribution in [3.05, 3.63) is 11.6 Å².